The number of aromatic nitrogens is 2. The first-order chi connectivity index (χ1) is 10.8. The summed E-state index contributed by atoms with van der Waals surface area (Å²) in [4.78, 5) is 8.67. The highest BCUT2D eigenvalue weighted by Gasteiger charge is 2.05. The highest BCUT2D eigenvalue weighted by Crippen LogP contribution is 2.20. The van der Waals surface area contributed by atoms with Crippen LogP contribution in [0.1, 0.15) is 5.56 Å². The van der Waals surface area contributed by atoms with Crippen molar-refractivity contribution in [3.05, 3.63) is 59.2 Å². The number of nitrogens with one attached hydrogen (secondary N) is 1. The highest BCUT2D eigenvalue weighted by atomic mass is 35.5. The van der Waals surface area contributed by atoms with Gasteiger partial charge < -0.3 is 4.74 Å². The fourth-order valence-electron chi connectivity index (χ4n) is 1.94. The van der Waals surface area contributed by atoms with Crippen molar-refractivity contribution in [2.75, 3.05) is 12.5 Å². The molecule has 0 aliphatic carbocycles. The molecular formula is C16H13ClN4O. The van der Waals surface area contributed by atoms with Crippen LogP contribution in [-0.2, 0) is 0 Å². The molecule has 0 amide bonds. The maximum atomic E-state index is 6.10. The van der Waals surface area contributed by atoms with E-state index in [1.165, 1.54) is 0 Å². The molecule has 0 atom stereocenters. The van der Waals surface area contributed by atoms with Gasteiger partial charge in [0.2, 0.25) is 0 Å². The molecule has 3 aromatic rings. The molecule has 0 aliphatic rings. The van der Waals surface area contributed by atoms with Crippen LogP contribution in [0.25, 0.3) is 11.0 Å². The Morgan fingerprint density at radius 2 is 1.86 bits per heavy atom. The molecular weight excluding hydrogens is 300 g/mol. The molecule has 1 heterocycles. The number of hydrogen-bond donors (Lipinski definition) is 1. The van der Waals surface area contributed by atoms with Crippen LogP contribution in [0.4, 0.5) is 5.82 Å². The first-order valence-corrected chi connectivity index (χ1v) is 6.99. The zero-order valence-electron chi connectivity index (χ0n) is 11.8. The van der Waals surface area contributed by atoms with Gasteiger partial charge in [-0.15, -0.1) is 0 Å². The lowest BCUT2D eigenvalue weighted by molar-refractivity contribution is 0.415. The third-order valence-corrected chi connectivity index (χ3v) is 3.27. The number of fused-ring (bicyclic) bond motifs is 1. The van der Waals surface area contributed by atoms with Crippen molar-refractivity contribution < 1.29 is 4.74 Å². The Bertz CT molecular complexity index is 835. The molecule has 0 aliphatic heterocycles. The summed E-state index contributed by atoms with van der Waals surface area (Å²) in [6.45, 7) is 0. The van der Waals surface area contributed by atoms with E-state index in [0.29, 0.717) is 5.82 Å². The van der Waals surface area contributed by atoms with Gasteiger partial charge in [-0.05, 0) is 29.8 Å². The largest absolute Gasteiger partial charge is 0.497 e. The van der Waals surface area contributed by atoms with Crippen LogP contribution in [-0.4, -0.2) is 23.3 Å². The van der Waals surface area contributed by atoms with E-state index in [1.54, 1.807) is 13.3 Å². The second-order valence-corrected chi connectivity index (χ2v) is 4.86. The quantitative estimate of drug-likeness (QED) is 0.589. The van der Waals surface area contributed by atoms with Crippen molar-refractivity contribution in [3.63, 3.8) is 0 Å². The fourth-order valence-corrected chi connectivity index (χ4v) is 2.12. The Morgan fingerprint density at radius 3 is 2.64 bits per heavy atom. The van der Waals surface area contributed by atoms with Crippen molar-refractivity contribution in [2.24, 2.45) is 5.10 Å². The van der Waals surface area contributed by atoms with E-state index >= 15 is 0 Å². The first kappa shape index (κ1) is 14.3. The van der Waals surface area contributed by atoms with Crippen LogP contribution in [0.3, 0.4) is 0 Å². The van der Waals surface area contributed by atoms with Gasteiger partial charge in [-0.25, -0.2) is 9.97 Å². The molecule has 0 unspecified atom stereocenters. The van der Waals surface area contributed by atoms with Crippen molar-refractivity contribution in [3.8, 4) is 5.75 Å². The van der Waals surface area contributed by atoms with E-state index in [1.807, 2.05) is 48.5 Å². The van der Waals surface area contributed by atoms with E-state index in [9.17, 15) is 0 Å². The topological polar surface area (TPSA) is 59.4 Å². The van der Waals surface area contributed by atoms with Crippen LogP contribution in [0.2, 0.25) is 5.15 Å². The maximum absolute atomic E-state index is 6.10. The van der Waals surface area contributed by atoms with Gasteiger partial charge >= 0.3 is 0 Å². The van der Waals surface area contributed by atoms with Gasteiger partial charge in [-0.2, -0.15) is 5.10 Å². The number of hydrazone groups is 1. The normalized spacial score (nSPS) is 11.0. The van der Waals surface area contributed by atoms with E-state index in [2.05, 4.69) is 20.5 Å². The number of hydrogen-bond acceptors (Lipinski definition) is 5. The van der Waals surface area contributed by atoms with E-state index in [-0.39, 0.29) is 5.15 Å². The van der Waals surface area contributed by atoms with Gasteiger partial charge in [-0.1, -0.05) is 35.9 Å². The molecule has 0 saturated carbocycles. The summed E-state index contributed by atoms with van der Waals surface area (Å²) in [7, 11) is 1.62. The van der Waals surface area contributed by atoms with Crippen molar-refractivity contribution in [1.29, 1.82) is 0 Å². The average Bonchev–Trinajstić information content (AvgIpc) is 2.55. The van der Waals surface area contributed by atoms with Gasteiger partial charge in [0.05, 0.1) is 24.4 Å². The zero-order valence-corrected chi connectivity index (χ0v) is 12.6. The number of nitrogens with zero attached hydrogens (tertiary/aromatic N) is 3. The monoisotopic (exact) mass is 312 g/mol. The predicted octanol–water partition coefficient (Wildman–Crippen LogP) is 3.74. The van der Waals surface area contributed by atoms with Crippen LogP contribution in [0, 0.1) is 0 Å². The van der Waals surface area contributed by atoms with Crippen molar-refractivity contribution in [2.45, 2.75) is 0 Å². The standard InChI is InChI=1S/C16H13ClN4O/c1-22-12-6-4-5-11(9-12)10-18-21-16-15(17)19-13-7-2-3-8-14(13)20-16/h2-10H,1H3,(H,20,21)/b18-10+. The molecule has 0 bridgehead atoms. The van der Waals surface area contributed by atoms with Gasteiger partial charge in [-0.3, -0.25) is 5.43 Å². The minimum absolute atomic E-state index is 0.279. The number of rotatable bonds is 4. The number of ether oxygens (including phenoxy) is 1. The average molecular weight is 313 g/mol. The summed E-state index contributed by atoms with van der Waals surface area (Å²) in [5, 5.41) is 4.42. The van der Waals surface area contributed by atoms with Crippen LogP contribution in [0.15, 0.2) is 53.6 Å². The highest BCUT2D eigenvalue weighted by molar-refractivity contribution is 6.32. The molecule has 5 nitrogen and oxygen atoms in total. The van der Waals surface area contributed by atoms with E-state index in [0.717, 1.165) is 22.3 Å². The molecule has 0 fully saturated rings. The summed E-state index contributed by atoms with van der Waals surface area (Å²) in [6, 6.07) is 15.1. The summed E-state index contributed by atoms with van der Waals surface area (Å²) in [5.41, 5.74) is 5.21. The Labute approximate surface area is 132 Å². The number of para-hydroxylation sites is 2. The second-order valence-electron chi connectivity index (χ2n) is 4.50. The molecule has 3 rings (SSSR count). The van der Waals surface area contributed by atoms with Gasteiger partial charge in [0.15, 0.2) is 11.0 Å². The first-order valence-electron chi connectivity index (χ1n) is 6.61. The van der Waals surface area contributed by atoms with Crippen molar-refractivity contribution in [1.82, 2.24) is 9.97 Å². The molecule has 110 valence electrons. The molecule has 0 spiro atoms. The Morgan fingerprint density at radius 1 is 1.09 bits per heavy atom. The van der Waals surface area contributed by atoms with Gasteiger partial charge in [0.1, 0.15) is 5.75 Å². The summed E-state index contributed by atoms with van der Waals surface area (Å²) in [6.07, 6.45) is 1.66. The number of methoxy groups -OCH3 is 1. The molecule has 6 heteroatoms. The third kappa shape index (κ3) is 3.15. The lowest BCUT2D eigenvalue weighted by Gasteiger charge is -2.04. The minimum atomic E-state index is 0.279. The number of anilines is 1. The molecule has 22 heavy (non-hydrogen) atoms. The van der Waals surface area contributed by atoms with Crippen LogP contribution in [0.5, 0.6) is 5.75 Å². The maximum Gasteiger partial charge on any atom is 0.185 e. The second kappa shape index (κ2) is 6.41. The fraction of sp³-hybridized carbons (Fsp3) is 0.0625. The van der Waals surface area contributed by atoms with Crippen molar-refractivity contribution >= 4 is 34.7 Å². The Kier molecular flexibility index (Phi) is 4.16. The van der Waals surface area contributed by atoms with E-state index < -0.39 is 0 Å². The molecule has 0 radical (unpaired) electrons. The molecule has 2 aromatic carbocycles. The summed E-state index contributed by atoms with van der Waals surface area (Å²) < 4.78 is 5.16. The van der Waals surface area contributed by atoms with Crippen LogP contribution >= 0.6 is 11.6 Å². The number of halogens is 1. The number of benzene rings is 2. The lowest BCUT2D eigenvalue weighted by atomic mass is 10.2. The molecule has 1 aromatic heterocycles. The molecule has 1 N–H and O–H groups in total. The van der Waals surface area contributed by atoms with Crippen LogP contribution < -0.4 is 10.2 Å². The molecule has 0 saturated heterocycles. The lowest BCUT2D eigenvalue weighted by Crippen LogP contribution is -1.97. The summed E-state index contributed by atoms with van der Waals surface area (Å²) >= 11 is 6.10. The minimum Gasteiger partial charge on any atom is -0.497 e. The van der Waals surface area contributed by atoms with Gasteiger partial charge in [0, 0.05) is 0 Å². The summed E-state index contributed by atoms with van der Waals surface area (Å²) in [5.74, 6) is 1.19. The zero-order chi connectivity index (χ0) is 15.4. The Balaban J connectivity index is 1.81. The SMILES string of the molecule is COc1cccc(/C=N/Nc2nc3ccccc3nc2Cl)c1. The smallest absolute Gasteiger partial charge is 0.185 e. The van der Waals surface area contributed by atoms with Gasteiger partial charge in [0.25, 0.3) is 0 Å². The third-order valence-electron chi connectivity index (χ3n) is 3.01. The Hall–Kier alpha value is -2.66. The van der Waals surface area contributed by atoms with E-state index in [4.69, 9.17) is 16.3 Å². The predicted molar refractivity (Wildman–Crippen MR) is 88.8 cm³/mol.